The highest BCUT2D eigenvalue weighted by Gasteiger charge is 2.34. The number of halogens is 1. The molecule has 5 heteroatoms. The van der Waals surface area contributed by atoms with Crippen molar-refractivity contribution >= 4 is 25.8 Å². The molecule has 1 heterocycles. The Balaban J connectivity index is 2.55. The molecule has 0 amide bonds. The topological polar surface area (TPSA) is 54.4 Å². The van der Waals surface area contributed by atoms with Gasteiger partial charge in [-0.05, 0) is 19.3 Å². The summed E-state index contributed by atoms with van der Waals surface area (Å²) in [6.07, 6.45) is 1.42. The second kappa shape index (κ2) is 3.64. The van der Waals surface area contributed by atoms with Crippen LogP contribution in [0.5, 0.6) is 0 Å². The highest BCUT2D eigenvalue weighted by Crippen LogP contribution is 2.27. The molecule has 0 bridgehead atoms. The average Bonchev–Trinajstić information content (AvgIpc) is 1.98. The SMILES string of the molecule is O=S1(=O)CCC(O)(CCBr)CC1. The molecule has 1 fully saturated rings. The lowest BCUT2D eigenvalue weighted by Crippen LogP contribution is -2.39. The third-order valence-electron chi connectivity index (χ3n) is 2.32. The van der Waals surface area contributed by atoms with Crippen LogP contribution in [0, 0.1) is 0 Å². The van der Waals surface area contributed by atoms with Crippen LogP contribution < -0.4 is 0 Å². The maximum absolute atomic E-state index is 11.0. The predicted molar refractivity (Wildman–Crippen MR) is 51.2 cm³/mol. The molecule has 1 aliphatic heterocycles. The first kappa shape index (κ1) is 10.5. The molecule has 0 atom stereocenters. The fourth-order valence-electron chi connectivity index (χ4n) is 1.34. The van der Waals surface area contributed by atoms with E-state index in [9.17, 15) is 13.5 Å². The summed E-state index contributed by atoms with van der Waals surface area (Å²) in [5.41, 5.74) is -0.741. The monoisotopic (exact) mass is 256 g/mol. The van der Waals surface area contributed by atoms with E-state index in [1.165, 1.54) is 0 Å². The van der Waals surface area contributed by atoms with Gasteiger partial charge in [0.25, 0.3) is 0 Å². The van der Waals surface area contributed by atoms with Gasteiger partial charge in [0.1, 0.15) is 0 Å². The van der Waals surface area contributed by atoms with Gasteiger partial charge in [0.05, 0.1) is 17.1 Å². The quantitative estimate of drug-likeness (QED) is 0.741. The van der Waals surface area contributed by atoms with Crippen LogP contribution in [-0.4, -0.2) is 36.0 Å². The van der Waals surface area contributed by atoms with Crippen molar-refractivity contribution in [3.05, 3.63) is 0 Å². The zero-order valence-corrected chi connectivity index (χ0v) is 9.20. The average molecular weight is 257 g/mol. The molecule has 0 unspecified atom stereocenters. The zero-order valence-electron chi connectivity index (χ0n) is 6.79. The van der Waals surface area contributed by atoms with E-state index < -0.39 is 15.4 Å². The van der Waals surface area contributed by atoms with Crippen LogP contribution in [0.4, 0.5) is 0 Å². The first-order valence-corrected chi connectivity index (χ1v) is 6.91. The van der Waals surface area contributed by atoms with Crippen LogP contribution in [0.15, 0.2) is 0 Å². The van der Waals surface area contributed by atoms with Crippen LogP contribution in [0.3, 0.4) is 0 Å². The van der Waals surface area contributed by atoms with Crippen molar-refractivity contribution in [3.63, 3.8) is 0 Å². The highest BCUT2D eigenvalue weighted by atomic mass is 79.9. The molecule has 1 aliphatic rings. The fraction of sp³-hybridized carbons (Fsp3) is 1.00. The summed E-state index contributed by atoms with van der Waals surface area (Å²) in [5.74, 6) is 0.271. The zero-order chi connectivity index (χ0) is 9.24. The van der Waals surface area contributed by atoms with E-state index in [0.29, 0.717) is 19.3 Å². The van der Waals surface area contributed by atoms with E-state index in [2.05, 4.69) is 15.9 Å². The van der Waals surface area contributed by atoms with Crippen LogP contribution in [0.1, 0.15) is 19.3 Å². The van der Waals surface area contributed by atoms with E-state index in [1.54, 1.807) is 0 Å². The Kier molecular flexibility index (Phi) is 3.17. The molecule has 0 radical (unpaired) electrons. The molecule has 12 heavy (non-hydrogen) atoms. The minimum atomic E-state index is -2.85. The number of sulfone groups is 1. The summed E-state index contributed by atoms with van der Waals surface area (Å²) in [4.78, 5) is 0. The summed E-state index contributed by atoms with van der Waals surface area (Å²) in [5, 5.41) is 10.5. The smallest absolute Gasteiger partial charge is 0.150 e. The Labute approximate surface area is 81.2 Å². The van der Waals surface area contributed by atoms with Crippen LogP contribution in [0.25, 0.3) is 0 Å². The molecule has 0 aliphatic carbocycles. The third-order valence-corrected chi connectivity index (χ3v) is 4.37. The predicted octanol–water partition coefficient (Wildman–Crippen LogP) is 0.711. The number of rotatable bonds is 2. The summed E-state index contributed by atoms with van der Waals surface area (Å²) in [6.45, 7) is 0. The van der Waals surface area contributed by atoms with Crippen molar-refractivity contribution in [1.29, 1.82) is 0 Å². The number of aliphatic hydroxyl groups is 1. The molecule has 0 aromatic rings. The molecular formula is C7H13BrO3S. The standard InChI is InChI=1S/C7H13BrO3S/c8-4-1-7(9)2-5-12(10,11)6-3-7/h9H,1-6H2. The minimum absolute atomic E-state index is 0.135. The number of hydrogen-bond donors (Lipinski definition) is 1. The first-order valence-electron chi connectivity index (χ1n) is 3.96. The van der Waals surface area contributed by atoms with Gasteiger partial charge in [0, 0.05) is 5.33 Å². The van der Waals surface area contributed by atoms with E-state index >= 15 is 0 Å². The normalized spacial score (nSPS) is 26.8. The lowest BCUT2D eigenvalue weighted by atomic mass is 9.94. The lowest BCUT2D eigenvalue weighted by Gasteiger charge is -2.31. The maximum atomic E-state index is 11.0. The van der Waals surface area contributed by atoms with Gasteiger partial charge in [-0.25, -0.2) is 8.42 Å². The Morgan fingerprint density at radius 3 is 2.25 bits per heavy atom. The van der Waals surface area contributed by atoms with Gasteiger partial charge < -0.3 is 5.11 Å². The van der Waals surface area contributed by atoms with Crippen molar-refractivity contribution in [2.75, 3.05) is 16.8 Å². The lowest BCUT2D eigenvalue weighted by molar-refractivity contribution is 0.0280. The van der Waals surface area contributed by atoms with E-state index in [1.807, 2.05) is 0 Å². The molecule has 72 valence electrons. The molecule has 3 nitrogen and oxygen atoms in total. The van der Waals surface area contributed by atoms with Crippen molar-refractivity contribution in [2.45, 2.75) is 24.9 Å². The molecule has 1 N–H and O–H groups in total. The molecular weight excluding hydrogens is 244 g/mol. The van der Waals surface area contributed by atoms with E-state index in [-0.39, 0.29) is 11.5 Å². The minimum Gasteiger partial charge on any atom is -0.390 e. The summed E-state index contributed by atoms with van der Waals surface area (Å²) in [6, 6.07) is 0. The number of alkyl halides is 1. The third kappa shape index (κ3) is 2.71. The van der Waals surface area contributed by atoms with Gasteiger partial charge in [0.2, 0.25) is 0 Å². The van der Waals surface area contributed by atoms with Gasteiger partial charge in [-0.15, -0.1) is 0 Å². The highest BCUT2D eigenvalue weighted by molar-refractivity contribution is 9.09. The first-order chi connectivity index (χ1) is 5.47. The van der Waals surface area contributed by atoms with Crippen LogP contribution in [-0.2, 0) is 9.84 Å². The van der Waals surface area contributed by atoms with Crippen molar-refractivity contribution in [1.82, 2.24) is 0 Å². The summed E-state index contributed by atoms with van der Waals surface area (Å²) in [7, 11) is -2.85. The molecule has 0 spiro atoms. The van der Waals surface area contributed by atoms with Gasteiger partial charge in [-0.1, -0.05) is 15.9 Å². The Morgan fingerprint density at radius 2 is 1.83 bits per heavy atom. The molecule has 0 aromatic carbocycles. The largest absolute Gasteiger partial charge is 0.390 e. The van der Waals surface area contributed by atoms with Gasteiger partial charge in [0.15, 0.2) is 9.84 Å². The molecule has 1 rings (SSSR count). The van der Waals surface area contributed by atoms with Crippen molar-refractivity contribution < 1.29 is 13.5 Å². The second-order valence-corrected chi connectivity index (χ2v) is 6.41. The second-order valence-electron chi connectivity index (χ2n) is 3.32. The van der Waals surface area contributed by atoms with Crippen LogP contribution in [0.2, 0.25) is 0 Å². The van der Waals surface area contributed by atoms with E-state index in [0.717, 1.165) is 5.33 Å². The molecule has 1 saturated heterocycles. The number of hydrogen-bond acceptors (Lipinski definition) is 3. The maximum Gasteiger partial charge on any atom is 0.150 e. The van der Waals surface area contributed by atoms with Crippen molar-refractivity contribution in [3.8, 4) is 0 Å². The molecule has 0 aromatic heterocycles. The van der Waals surface area contributed by atoms with E-state index in [4.69, 9.17) is 0 Å². The summed E-state index contributed by atoms with van der Waals surface area (Å²) < 4.78 is 22.0. The van der Waals surface area contributed by atoms with Gasteiger partial charge in [-0.2, -0.15) is 0 Å². The Bertz CT molecular complexity index is 233. The fourth-order valence-corrected chi connectivity index (χ4v) is 3.67. The Morgan fingerprint density at radius 1 is 1.33 bits per heavy atom. The molecule has 0 saturated carbocycles. The Hall–Kier alpha value is 0.390. The van der Waals surface area contributed by atoms with Crippen molar-refractivity contribution in [2.24, 2.45) is 0 Å². The van der Waals surface area contributed by atoms with Gasteiger partial charge >= 0.3 is 0 Å². The van der Waals surface area contributed by atoms with Crippen LogP contribution >= 0.6 is 15.9 Å². The summed E-state index contributed by atoms with van der Waals surface area (Å²) >= 11 is 3.24. The van der Waals surface area contributed by atoms with Gasteiger partial charge in [-0.3, -0.25) is 0 Å².